The lowest BCUT2D eigenvalue weighted by atomic mass is 9.83. The number of carbonyl (C=O) groups excluding carboxylic acids is 1. The lowest BCUT2D eigenvalue weighted by Gasteiger charge is -2.47. The van der Waals surface area contributed by atoms with E-state index in [1.54, 1.807) is 6.07 Å². The summed E-state index contributed by atoms with van der Waals surface area (Å²) in [5.74, 6) is 0.0536. The number of nitrogens with zero attached hydrogens (tertiary/aromatic N) is 1. The van der Waals surface area contributed by atoms with Crippen molar-refractivity contribution < 1.29 is 9.18 Å². The van der Waals surface area contributed by atoms with Gasteiger partial charge >= 0.3 is 0 Å². The molecule has 0 N–H and O–H groups in total. The predicted octanol–water partition coefficient (Wildman–Crippen LogP) is 3.57. The topological polar surface area (TPSA) is 20.3 Å². The van der Waals surface area contributed by atoms with E-state index in [9.17, 15) is 9.18 Å². The highest BCUT2D eigenvalue weighted by Gasteiger charge is 2.38. The van der Waals surface area contributed by atoms with E-state index in [4.69, 9.17) is 11.6 Å². The summed E-state index contributed by atoms with van der Waals surface area (Å²) in [6, 6.07) is 4.85. The normalized spacial score (nSPS) is 27.4. The number of hydrogen-bond donors (Lipinski definition) is 0. The number of halogens is 2. The van der Waals surface area contributed by atoms with Crippen molar-refractivity contribution in [2.45, 2.75) is 44.2 Å². The summed E-state index contributed by atoms with van der Waals surface area (Å²) < 4.78 is 13.4. The van der Waals surface area contributed by atoms with Crippen molar-refractivity contribution in [3.8, 4) is 0 Å². The summed E-state index contributed by atoms with van der Waals surface area (Å²) in [6.07, 6.45) is 4.28. The van der Waals surface area contributed by atoms with Crippen molar-refractivity contribution in [3.63, 3.8) is 0 Å². The molecule has 2 fully saturated rings. The van der Waals surface area contributed by atoms with E-state index in [1.165, 1.54) is 12.1 Å². The van der Waals surface area contributed by atoms with E-state index in [1.807, 2.05) is 0 Å². The molecule has 0 radical (unpaired) electrons. The van der Waals surface area contributed by atoms with Crippen molar-refractivity contribution in [2.24, 2.45) is 0 Å². The summed E-state index contributed by atoms with van der Waals surface area (Å²) in [6.45, 7) is 0. The average molecular weight is 268 g/mol. The molecule has 0 amide bonds. The highest BCUT2D eigenvalue weighted by molar-refractivity contribution is 6.33. The second-order valence-electron chi connectivity index (χ2n) is 5.19. The molecule has 2 unspecified atom stereocenters. The quantitative estimate of drug-likeness (QED) is 0.775. The maximum Gasteiger partial charge on any atom is 0.137 e. The molecule has 2 aliphatic heterocycles. The van der Waals surface area contributed by atoms with E-state index in [0.717, 1.165) is 24.9 Å². The Morgan fingerprint density at radius 1 is 1.22 bits per heavy atom. The second-order valence-corrected chi connectivity index (χ2v) is 5.60. The van der Waals surface area contributed by atoms with Gasteiger partial charge in [0, 0.05) is 24.9 Å². The molecule has 96 valence electrons. The van der Waals surface area contributed by atoms with Crippen molar-refractivity contribution in [1.29, 1.82) is 0 Å². The third-order valence-corrected chi connectivity index (χ3v) is 4.29. The number of carbonyl (C=O) groups is 1. The molecule has 2 bridgehead atoms. The molecule has 0 spiro atoms. The van der Waals surface area contributed by atoms with E-state index in [0.29, 0.717) is 23.6 Å². The molecule has 1 aromatic carbocycles. The van der Waals surface area contributed by atoms with Gasteiger partial charge in [-0.2, -0.15) is 0 Å². The van der Waals surface area contributed by atoms with Crippen LogP contribution in [0.2, 0.25) is 5.02 Å². The molecular formula is C14H15ClFNO. The summed E-state index contributed by atoms with van der Waals surface area (Å²) in [5.41, 5.74) is 0.749. The first kappa shape index (κ1) is 12.0. The van der Waals surface area contributed by atoms with Crippen LogP contribution in [-0.2, 0) is 4.79 Å². The van der Waals surface area contributed by atoms with Gasteiger partial charge in [-0.1, -0.05) is 11.6 Å². The van der Waals surface area contributed by atoms with E-state index >= 15 is 0 Å². The molecule has 2 heterocycles. The molecule has 0 aliphatic carbocycles. The zero-order valence-corrected chi connectivity index (χ0v) is 10.8. The largest absolute Gasteiger partial charge is 0.363 e. The third-order valence-electron chi connectivity index (χ3n) is 3.97. The van der Waals surface area contributed by atoms with Gasteiger partial charge in [-0.15, -0.1) is 0 Å². The van der Waals surface area contributed by atoms with Crippen molar-refractivity contribution >= 4 is 23.1 Å². The van der Waals surface area contributed by atoms with Gasteiger partial charge in [-0.25, -0.2) is 4.39 Å². The van der Waals surface area contributed by atoms with Crippen molar-refractivity contribution in [2.75, 3.05) is 4.90 Å². The first-order valence-corrected chi connectivity index (χ1v) is 6.78. The van der Waals surface area contributed by atoms with Gasteiger partial charge in [0.05, 0.1) is 10.7 Å². The Kier molecular flexibility index (Phi) is 3.02. The third kappa shape index (κ3) is 2.01. The summed E-state index contributed by atoms with van der Waals surface area (Å²) in [7, 11) is 0. The van der Waals surface area contributed by atoms with Crippen molar-refractivity contribution in [3.05, 3.63) is 29.0 Å². The van der Waals surface area contributed by atoms with Crippen LogP contribution in [0, 0.1) is 5.82 Å². The Morgan fingerprint density at radius 2 is 1.89 bits per heavy atom. The highest BCUT2D eigenvalue weighted by Crippen LogP contribution is 2.39. The van der Waals surface area contributed by atoms with E-state index < -0.39 is 0 Å². The van der Waals surface area contributed by atoms with Crippen LogP contribution in [0.5, 0.6) is 0 Å². The Balaban J connectivity index is 2.00. The van der Waals surface area contributed by atoms with Gasteiger partial charge in [0.25, 0.3) is 0 Å². The molecule has 0 aromatic heterocycles. The van der Waals surface area contributed by atoms with Gasteiger partial charge in [-0.3, -0.25) is 4.79 Å². The van der Waals surface area contributed by atoms with Gasteiger partial charge < -0.3 is 4.90 Å². The number of piperidine rings is 2. The molecule has 4 heteroatoms. The molecule has 1 aromatic rings. The molecular weight excluding hydrogens is 253 g/mol. The monoisotopic (exact) mass is 267 g/mol. The molecule has 2 nitrogen and oxygen atoms in total. The Morgan fingerprint density at radius 3 is 2.56 bits per heavy atom. The maximum atomic E-state index is 13.4. The highest BCUT2D eigenvalue weighted by atomic mass is 35.5. The lowest BCUT2D eigenvalue weighted by Crippen LogP contribution is -2.52. The minimum atomic E-state index is -0.274. The number of fused-ring (bicyclic) bond motifs is 2. The van der Waals surface area contributed by atoms with Gasteiger partial charge in [0.1, 0.15) is 11.6 Å². The Hall–Kier alpha value is -1.09. The average Bonchev–Trinajstić information content (AvgIpc) is 2.31. The molecule has 2 atom stereocenters. The number of benzene rings is 1. The number of hydrogen-bond acceptors (Lipinski definition) is 2. The fourth-order valence-corrected chi connectivity index (χ4v) is 3.47. The number of ketones is 1. The van der Waals surface area contributed by atoms with Gasteiger partial charge in [0.2, 0.25) is 0 Å². The Labute approximate surface area is 111 Å². The number of anilines is 1. The SMILES string of the molecule is O=C1CC2CCCC(C1)N2c1cc(F)ccc1Cl. The standard InChI is InChI=1S/C14H15ClFNO/c15-13-5-4-9(16)6-14(13)17-10-2-1-3-11(17)8-12(18)7-10/h4-6,10-11H,1-3,7-8H2. The van der Waals surface area contributed by atoms with Crippen LogP contribution in [0.3, 0.4) is 0 Å². The van der Waals surface area contributed by atoms with Crippen LogP contribution in [0.25, 0.3) is 0 Å². The second kappa shape index (κ2) is 4.54. The lowest BCUT2D eigenvalue weighted by molar-refractivity contribution is -0.121. The van der Waals surface area contributed by atoms with Gasteiger partial charge in [0.15, 0.2) is 0 Å². The molecule has 18 heavy (non-hydrogen) atoms. The fourth-order valence-electron chi connectivity index (χ4n) is 3.25. The Bertz CT molecular complexity index is 475. The summed E-state index contributed by atoms with van der Waals surface area (Å²) in [5, 5.41) is 0.572. The smallest absolute Gasteiger partial charge is 0.137 e. The van der Waals surface area contributed by atoms with Crippen LogP contribution in [0.1, 0.15) is 32.1 Å². The van der Waals surface area contributed by atoms with Gasteiger partial charge in [-0.05, 0) is 37.5 Å². The number of rotatable bonds is 1. The molecule has 2 saturated heterocycles. The van der Waals surface area contributed by atoms with Crippen LogP contribution >= 0.6 is 11.6 Å². The molecule has 3 rings (SSSR count). The predicted molar refractivity (Wildman–Crippen MR) is 69.6 cm³/mol. The first-order valence-electron chi connectivity index (χ1n) is 6.40. The summed E-state index contributed by atoms with van der Waals surface area (Å²) >= 11 is 6.18. The minimum absolute atomic E-state index is 0.198. The van der Waals surface area contributed by atoms with E-state index in [2.05, 4.69) is 4.90 Å². The maximum absolute atomic E-state index is 13.4. The number of Topliss-reactive ketones (excluding diaryl/α,β-unsaturated/α-hetero) is 1. The first-order chi connectivity index (χ1) is 8.65. The fraction of sp³-hybridized carbons (Fsp3) is 0.500. The van der Waals surface area contributed by atoms with Crippen LogP contribution in [0.4, 0.5) is 10.1 Å². The van der Waals surface area contributed by atoms with Crippen LogP contribution in [-0.4, -0.2) is 17.9 Å². The van der Waals surface area contributed by atoms with Crippen molar-refractivity contribution in [1.82, 2.24) is 0 Å². The zero-order valence-electron chi connectivity index (χ0n) is 10.0. The molecule has 2 aliphatic rings. The summed E-state index contributed by atoms with van der Waals surface area (Å²) in [4.78, 5) is 13.8. The minimum Gasteiger partial charge on any atom is -0.363 e. The van der Waals surface area contributed by atoms with E-state index in [-0.39, 0.29) is 17.9 Å². The van der Waals surface area contributed by atoms with Crippen LogP contribution < -0.4 is 4.90 Å². The zero-order chi connectivity index (χ0) is 12.7. The molecule has 0 saturated carbocycles. The van der Waals surface area contributed by atoms with Crippen LogP contribution in [0.15, 0.2) is 18.2 Å².